The minimum Gasteiger partial charge on any atom is -0.385 e. The van der Waals surface area contributed by atoms with Crippen LogP contribution in [0.2, 0.25) is 0 Å². The van der Waals surface area contributed by atoms with Crippen LogP contribution in [-0.4, -0.2) is 33.4 Å². The van der Waals surface area contributed by atoms with Gasteiger partial charge in [-0.25, -0.2) is 0 Å². The lowest BCUT2D eigenvalue weighted by atomic mass is 9.96. The van der Waals surface area contributed by atoms with Gasteiger partial charge in [-0.3, -0.25) is 0 Å². The molecule has 1 aliphatic heterocycles. The Kier molecular flexibility index (Phi) is 6.52. The highest BCUT2D eigenvalue weighted by atomic mass is 16.5. The van der Waals surface area contributed by atoms with E-state index in [2.05, 4.69) is 42.3 Å². The van der Waals surface area contributed by atoms with Gasteiger partial charge in [0.25, 0.3) is 0 Å². The molecule has 1 aromatic rings. The number of hydrogen-bond acceptors (Lipinski definition) is 3. The number of nitrogens with one attached hydrogen (secondary N) is 1. The van der Waals surface area contributed by atoms with E-state index in [4.69, 9.17) is 4.74 Å². The Hall–Kier alpha value is -1.06. The van der Waals surface area contributed by atoms with Crippen LogP contribution in [0, 0.1) is 0 Å². The fourth-order valence-electron chi connectivity index (χ4n) is 3.17. The largest absolute Gasteiger partial charge is 0.385 e. The van der Waals surface area contributed by atoms with Crippen molar-refractivity contribution in [2.24, 2.45) is 0 Å². The van der Waals surface area contributed by atoms with E-state index in [-0.39, 0.29) is 0 Å². The molecule has 1 aliphatic rings. The molecule has 21 heavy (non-hydrogen) atoms. The molecule has 2 rings (SSSR count). The van der Waals surface area contributed by atoms with E-state index in [1.54, 1.807) is 7.11 Å². The van der Waals surface area contributed by atoms with Crippen molar-refractivity contribution in [2.45, 2.75) is 45.6 Å². The second kappa shape index (κ2) is 8.40. The number of anilines is 1. The maximum atomic E-state index is 5.14. The third kappa shape index (κ3) is 4.45. The Morgan fingerprint density at radius 1 is 1.33 bits per heavy atom. The second-order valence-electron chi connectivity index (χ2n) is 5.96. The lowest BCUT2D eigenvalue weighted by Gasteiger charge is -2.32. The minimum atomic E-state index is 0.442. The van der Waals surface area contributed by atoms with Crippen LogP contribution in [-0.2, 0) is 11.2 Å². The molecule has 0 aliphatic carbocycles. The molecule has 3 heteroatoms. The summed E-state index contributed by atoms with van der Waals surface area (Å²) in [5, 5.41) is 3.50. The van der Waals surface area contributed by atoms with Gasteiger partial charge in [0.05, 0.1) is 0 Å². The van der Waals surface area contributed by atoms with Gasteiger partial charge in [0.1, 0.15) is 0 Å². The van der Waals surface area contributed by atoms with Crippen LogP contribution >= 0.6 is 0 Å². The Bertz CT molecular complexity index is 433. The SMILES string of the molecule is CCNC(C)c1ccc2c(c1)CCCN2CCCCOC. The summed E-state index contributed by atoms with van der Waals surface area (Å²) in [5.74, 6) is 0. The normalized spacial score (nSPS) is 15.9. The van der Waals surface area contributed by atoms with Crippen molar-refractivity contribution in [2.75, 3.05) is 38.3 Å². The number of unbranched alkanes of at least 4 members (excludes halogenated alkanes) is 1. The maximum absolute atomic E-state index is 5.14. The van der Waals surface area contributed by atoms with Crippen LogP contribution in [0.5, 0.6) is 0 Å². The standard InChI is InChI=1S/C18H30N2O/c1-4-19-15(2)16-9-10-18-17(14-16)8-7-12-20(18)11-5-6-13-21-3/h9-10,14-15,19H,4-8,11-13H2,1-3H3. The summed E-state index contributed by atoms with van der Waals surface area (Å²) < 4.78 is 5.14. The predicted octanol–water partition coefficient (Wildman–Crippen LogP) is 3.54. The quantitative estimate of drug-likeness (QED) is 0.741. The van der Waals surface area contributed by atoms with Gasteiger partial charge in [-0.05, 0) is 56.3 Å². The van der Waals surface area contributed by atoms with E-state index in [1.807, 2.05) is 0 Å². The molecule has 1 aromatic carbocycles. The zero-order chi connectivity index (χ0) is 15.1. The molecule has 0 fully saturated rings. The van der Waals surface area contributed by atoms with Crippen molar-refractivity contribution in [1.82, 2.24) is 5.32 Å². The molecule has 0 radical (unpaired) electrons. The Labute approximate surface area is 129 Å². The third-order valence-corrected chi connectivity index (χ3v) is 4.36. The maximum Gasteiger partial charge on any atom is 0.0462 e. The zero-order valence-electron chi connectivity index (χ0n) is 13.8. The lowest BCUT2D eigenvalue weighted by Crippen LogP contribution is -2.30. The lowest BCUT2D eigenvalue weighted by molar-refractivity contribution is 0.193. The molecule has 1 N–H and O–H groups in total. The van der Waals surface area contributed by atoms with Gasteiger partial charge in [0, 0.05) is 38.5 Å². The summed E-state index contributed by atoms with van der Waals surface area (Å²) in [6.07, 6.45) is 4.85. The van der Waals surface area contributed by atoms with E-state index in [0.717, 1.165) is 26.1 Å². The summed E-state index contributed by atoms with van der Waals surface area (Å²) in [6, 6.07) is 7.47. The topological polar surface area (TPSA) is 24.5 Å². The summed E-state index contributed by atoms with van der Waals surface area (Å²) in [7, 11) is 1.78. The smallest absolute Gasteiger partial charge is 0.0462 e. The van der Waals surface area contributed by atoms with Gasteiger partial charge in [-0.15, -0.1) is 0 Å². The fourth-order valence-corrected chi connectivity index (χ4v) is 3.17. The first kappa shape index (κ1) is 16.3. The molecule has 0 bridgehead atoms. The molecule has 0 spiro atoms. The van der Waals surface area contributed by atoms with Crippen molar-refractivity contribution >= 4 is 5.69 Å². The number of rotatable bonds is 8. The first-order chi connectivity index (χ1) is 10.3. The van der Waals surface area contributed by atoms with Gasteiger partial charge in [0.2, 0.25) is 0 Å². The van der Waals surface area contributed by atoms with Crippen molar-refractivity contribution < 1.29 is 4.74 Å². The van der Waals surface area contributed by atoms with Crippen molar-refractivity contribution in [3.05, 3.63) is 29.3 Å². The monoisotopic (exact) mass is 290 g/mol. The van der Waals surface area contributed by atoms with Crippen LogP contribution in [0.15, 0.2) is 18.2 Å². The van der Waals surface area contributed by atoms with E-state index in [9.17, 15) is 0 Å². The number of benzene rings is 1. The predicted molar refractivity (Wildman–Crippen MR) is 90.2 cm³/mol. The second-order valence-corrected chi connectivity index (χ2v) is 5.96. The number of methoxy groups -OCH3 is 1. The first-order valence-electron chi connectivity index (χ1n) is 8.36. The summed E-state index contributed by atoms with van der Waals surface area (Å²) in [4.78, 5) is 2.55. The first-order valence-corrected chi connectivity index (χ1v) is 8.36. The van der Waals surface area contributed by atoms with E-state index in [1.165, 1.54) is 42.6 Å². The average Bonchev–Trinajstić information content (AvgIpc) is 2.51. The molecule has 1 atom stereocenters. The highest BCUT2D eigenvalue weighted by Crippen LogP contribution is 2.30. The number of fused-ring (bicyclic) bond motifs is 1. The highest BCUT2D eigenvalue weighted by Gasteiger charge is 2.17. The van der Waals surface area contributed by atoms with Crippen LogP contribution < -0.4 is 10.2 Å². The third-order valence-electron chi connectivity index (χ3n) is 4.36. The Balaban J connectivity index is 2.02. The van der Waals surface area contributed by atoms with Crippen molar-refractivity contribution in [3.63, 3.8) is 0 Å². The molecule has 1 unspecified atom stereocenters. The summed E-state index contributed by atoms with van der Waals surface area (Å²) in [5.41, 5.74) is 4.39. The average molecular weight is 290 g/mol. The van der Waals surface area contributed by atoms with Crippen LogP contribution in [0.3, 0.4) is 0 Å². The molecule has 118 valence electrons. The number of hydrogen-bond donors (Lipinski definition) is 1. The number of ether oxygens (including phenoxy) is 1. The van der Waals surface area contributed by atoms with Gasteiger partial charge >= 0.3 is 0 Å². The molecule has 0 saturated heterocycles. The zero-order valence-corrected chi connectivity index (χ0v) is 13.8. The molecule has 0 saturated carbocycles. The molecular weight excluding hydrogens is 260 g/mol. The van der Waals surface area contributed by atoms with Crippen molar-refractivity contribution in [1.29, 1.82) is 0 Å². The fraction of sp³-hybridized carbons (Fsp3) is 0.667. The molecule has 3 nitrogen and oxygen atoms in total. The summed E-state index contributed by atoms with van der Waals surface area (Å²) in [6.45, 7) is 8.65. The van der Waals surface area contributed by atoms with Gasteiger partial charge < -0.3 is 15.0 Å². The van der Waals surface area contributed by atoms with Gasteiger partial charge in [0.15, 0.2) is 0 Å². The van der Waals surface area contributed by atoms with E-state index < -0.39 is 0 Å². The Morgan fingerprint density at radius 2 is 2.19 bits per heavy atom. The van der Waals surface area contributed by atoms with E-state index in [0.29, 0.717) is 6.04 Å². The highest BCUT2D eigenvalue weighted by molar-refractivity contribution is 5.57. The van der Waals surface area contributed by atoms with E-state index >= 15 is 0 Å². The molecule has 0 amide bonds. The van der Waals surface area contributed by atoms with Gasteiger partial charge in [-0.2, -0.15) is 0 Å². The van der Waals surface area contributed by atoms with Crippen LogP contribution in [0.25, 0.3) is 0 Å². The number of nitrogens with zero attached hydrogens (tertiary/aromatic N) is 1. The molecule has 1 heterocycles. The molecular formula is C18H30N2O. The van der Waals surface area contributed by atoms with Gasteiger partial charge in [-0.1, -0.05) is 19.1 Å². The van der Waals surface area contributed by atoms with Crippen molar-refractivity contribution in [3.8, 4) is 0 Å². The number of aryl methyl sites for hydroxylation is 1. The molecule has 0 aromatic heterocycles. The minimum absolute atomic E-state index is 0.442. The summed E-state index contributed by atoms with van der Waals surface area (Å²) >= 11 is 0. The Morgan fingerprint density at radius 3 is 2.95 bits per heavy atom. The van der Waals surface area contributed by atoms with Crippen LogP contribution in [0.4, 0.5) is 5.69 Å². The van der Waals surface area contributed by atoms with Crippen LogP contribution in [0.1, 0.15) is 50.3 Å².